The molecule has 0 spiro atoms. The number of carbonyl (C=O) groups excluding carboxylic acids is 2. The molecule has 3 aromatic carbocycles. The maximum Gasteiger partial charge on any atom is 0.433 e. The molecule has 51 heavy (non-hydrogen) atoms. The molecule has 278 valence electrons. The van der Waals surface area contributed by atoms with Crippen LogP contribution < -0.4 is 11.1 Å². The van der Waals surface area contributed by atoms with Crippen LogP contribution >= 0.6 is 0 Å². The van der Waals surface area contributed by atoms with Crippen LogP contribution in [0, 0.1) is 17.6 Å². The first kappa shape index (κ1) is 41.4. The number of aliphatic imine (C=N–C) groups is 1. The third-order valence-corrected chi connectivity index (χ3v) is 10.6. The van der Waals surface area contributed by atoms with E-state index < -0.39 is 62.6 Å². The van der Waals surface area contributed by atoms with E-state index in [-0.39, 0.29) is 37.8 Å². The third-order valence-electron chi connectivity index (χ3n) is 8.25. The number of nitrogens with one attached hydrogen (secondary N) is 1. The van der Waals surface area contributed by atoms with Gasteiger partial charge in [0, 0.05) is 32.0 Å². The van der Waals surface area contributed by atoms with E-state index in [0.717, 1.165) is 30.0 Å². The zero-order chi connectivity index (χ0) is 37.2. The first-order valence-electron chi connectivity index (χ1n) is 17.1. The maximum absolute atomic E-state index is 14.1. The molecule has 3 rings (SSSR count). The number of amides is 1. The summed E-state index contributed by atoms with van der Waals surface area (Å²) in [5.41, 5.74) is 8.38. The summed E-state index contributed by atoms with van der Waals surface area (Å²) in [4.78, 5) is 30.3. The Bertz CT molecular complexity index is 1620. The van der Waals surface area contributed by atoms with Gasteiger partial charge in [0.25, 0.3) is 0 Å². The lowest BCUT2D eigenvalue weighted by Gasteiger charge is -2.28. The van der Waals surface area contributed by atoms with E-state index in [4.69, 9.17) is 19.9 Å². The van der Waals surface area contributed by atoms with Gasteiger partial charge in [-0.3, -0.25) is 4.79 Å². The molecular weight excluding hydrogens is 680 g/mol. The van der Waals surface area contributed by atoms with E-state index in [1.165, 1.54) is 0 Å². The van der Waals surface area contributed by atoms with Gasteiger partial charge in [-0.2, -0.15) is 4.99 Å². The Hall–Kier alpha value is -4.04. The Morgan fingerprint density at radius 3 is 2.12 bits per heavy atom. The maximum atomic E-state index is 14.1. The summed E-state index contributed by atoms with van der Waals surface area (Å²) in [6, 6.07) is 20.0. The van der Waals surface area contributed by atoms with Crippen molar-refractivity contribution in [3.8, 4) is 0 Å². The van der Waals surface area contributed by atoms with Crippen molar-refractivity contribution in [2.24, 2.45) is 16.6 Å². The number of sulfone groups is 1. The van der Waals surface area contributed by atoms with Crippen molar-refractivity contribution in [1.29, 1.82) is 0 Å². The molecule has 0 aliphatic heterocycles. The molecule has 0 fully saturated rings. The molecule has 3 N–H and O–H groups in total. The summed E-state index contributed by atoms with van der Waals surface area (Å²) >= 11 is 0. The van der Waals surface area contributed by atoms with Crippen LogP contribution in [-0.4, -0.2) is 70.1 Å². The monoisotopic (exact) mass is 729 g/mol. The molecule has 0 saturated carbocycles. The number of nitrogens with two attached hydrogens (primary N) is 1. The molecule has 10 nitrogen and oxygen atoms in total. The smallest absolute Gasteiger partial charge is 0.433 e. The highest BCUT2D eigenvalue weighted by atomic mass is 32.2. The third kappa shape index (κ3) is 14.2. The number of benzene rings is 3. The van der Waals surface area contributed by atoms with Gasteiger partial charge in [-0.15, -0.1) is 0 Å². The number of rotatable bonds is 21. The van der Waals surface area contributed by atoms with E-state index in [2.05, 4.69) is 10.3 Å². The van der Waals surface area contributed by atoms with Crippen molar-refractivity contribution < 1.29 is 41.0 Å². The number of halogens is 2. The quantitative estimate of drug-likeness (QED) is 0.0977. The fourth-order valence-corrected chi connectivity index (χ4v) is 7.83. The van der Waals surface area contributed by atoms with Crippen molar-refractivity contribution in [3.05, 3.63) is 107 Å². The normalized spacial score (nSPS) is 14.3. The van der Waals surface area contributed by atoms with Gasteiger partial charge < -0.3 is 25.3 Å². The fourth-order valence-electron chi connectivity index (χ4n) is 5.65. The largest absolute Gasteiger partial charge is 0.459 e. The lowest BCUT2D eigenvalue weighted by molar-refractivity contribution is -0.151. The van der Waals surface area contributed by atoms with E-state index in [1.807, 2.05) is 50.2 Å². The van der Waals surface area contributed by atoms with Gasteiger partial charge >= 0.3 is 12.1 Å². The van der Waals surface area contributed by atoms with Crippen molar-refractivity contribution >= 4 is 28.1 Å². The molecule has 0 radical (unpaired) electrons. The van der Waals surface area contributed by atoms with Crippen molar-refractivity contribution in [1.82, 2.24) is 5.32 Å². The van der Waals surface area contributed by atoms with E-state index in [0.29, 0.717) is 31.2 Å². The zero-order valence-corrected chi connectivity index (χ0v) is 30.2. The molecule has 3 aromatic rings. The lowest BCUT2D eigenvalue weighted by Crippen LogP contribution is -2.48. The number of esters is 1. The van der Waals surface area contributed by atoms with Crippen LogP contribution in [0.25, 0.3) is 0 Å². The first-order chi connectivity index (χ1) is 24.4. The molecule has 0 aromatic heterocycles. The van der Waals surface area contributed by atoms with Crippen LogP contribution in [0.3, 0.4) is 0 Å². The molecule has 0 bridgehead atoms. The topological polar surface area (TPSA) is 146 Å². The highest BCUT2D eigenvalue weighted by Gasteiger charge is 2.34. The molecule has 1 amide bonds. The van der Waals surface area contributed by atoms with Crippen LogP contribution in [0.15, 0.2) is 83.9 Å². The Balaban J connectivity index is 1.91. The number of nitrogens with zero attached hydrogens (tertiary/aromatic N) is 1. The van der Waals surface area contributed by atoms with Gasteiger partial charge in [0.15, 0.2) is 9.84 Å². The van der Waals surface area contributed by atoms with Crippen LogP contribution in [0.1, 0.15) is 62.3 Å². The zero-order valence-electron chi connectivity index (χ0n) is 29.4. The summed E-state index contributed by atoms with van der Waals surface area (Å²) < 4.78 is 71.9. The number of methoxy groups -OCH3 is 1. The molecular formula is C38H49F2N3O7S. The predicted octanol–water partition coefficient (Wildman–Crippen LogP) is 6.13. The Labute approximate surface area is 299 Å². The Morgan fingerprint density at radius 1 is 0.922 bits per heavy atom. The van der Waals surface area contributed by atoms with E-state index in [1.54, 1.807) is 31.4 Å². The van der Waals surface area contributed by atoms with E-state index >= 15 is 0 Å². The summed E-state index contributed by atoms with van der Waals surface area (Å²) in [5.74, 6) is -4.71. The second-order valence-electron chi connectivity index (χ2n) is 12.4. The molecule has 13 heteroatoms. The lowest BCUT2D eigenvalue weighted by atomic mass is 10.0. The average Bonchev–Trinajstić information content (AvgIpc) is 3.10. The second-order valence-corrected chi connectivity index (χ2v) is 14.7. The van der Waals surface area contributed by atoms with Crippen molar-refractivity contribution in [2.75, 3.05) is 26.0 Å². The Kier molecular flexibility index (Phi) is 17.3. The fraction of sp³-hybridized carbons (Fsp3) is 0.447. The Morgan fingerprint density at radius 2 is 1.53 bits per heavy atom. The van der Waals surface area contributed by atoms with Gasteiger partial charge in [-0.05, 0) is 48.1 Å². The van der Waals surface area contributed by atoms with Gasteiger partial charge in [-0.25, -0.2) is 22.0 Å². The second kappa shape index (κ2) is 21.4. The van der Waals surface area contributed by atoms with E-state index in [9.17, 15) is 26.8 Å². The SMILES string of the molecule is CCCC(CCC)S(=O)(=O)CC(/C=N/C(=O)OCc1ccccc1)C(=O)O[C@H](CNC(COC)c1ccccc1)[C@@H](N)Cc1cc(F)cc(F)c1. The minimum atomic E-state index is -3.87. The summed E-state index contributed by atoms with van der Waals surface area (Å²) in [6.45, 7) is 3.90. The standard InChI is InChI=1S/C38H49F2N3O7S/c1-4-12-33(13-5-2)51(46,47)26-30(22-43-38(45)49-24-27-14-8-6-9-15-27)37(44)50-36(34(41)20-28-18-31(39)21-32(40)19-28)23-42-35(25-48-3)29-16-10-7-11-17-29/h6-11,14-19,21-22,30,33-36,42H,4-5,12-13,20,23-26,41H2,1-3H3/b43-22+/t30?,34-,35?,36+/m0/s1. The molecule has 0 aliphatic carbocycles. The summed E-state index contributed by atoms with van der Waals surface area (Å²) in [6.07, 6.45) is 0.772. The molecule has 0 heterocycles. The van der Waals surface area contributed by atoms with Crippen LogP contribution in [0.2, 0.25) is 0 Å². The van der Waals surface area contributed by atoms with Gasteiger partial charge in [0.2, 0.25) is 0 Å². The summed E-state index contributed by atoms with van der Waals surface area (Å²) in [5, 5.41) is 2.59. The highest BCUT2D eigenvalue weighted by molar-refractivity contribution is 7.92. The van der Waals surface area contributed by atoms with Crippen LogP contribution in [0.5, 0.6) is 0 Å². The highest BCUT2D eigenvalue weighted by Crippen LogP contribution is 2.21. The van der Waals surface area contributed by atoms with Crippen LogP contribution in [0.4, 0.5) is 13.6 Å². The van der Waals surface area contributed by atoms with Crippen molar-refractivity contribution in [3.63, 3.8) is 0 Å². The number of hydrogen-bond acceptors (Lipinski definition) is 9. The number of ether oxygens (including phenoxy) is 3. The predicted molar refractivity (Wildman–Crippen MR) is 193 cm³/mol. The van der Waals surface area contributed by atoms with Crippen LogP contribution in [-0.2, 0) is 41.9 Å². The van der Waals surface area contributed by atoms with Gasteiger partial charge in [0.1, 0.15) is 30.3 Å². The first-order valence-corrected chi connectivity index (χ1v) is 18.8. The number of carbonyl (C=O) groups is 2. The minimum absolute atomic E-state index is 0.0301. The number of hydrogen-bond donors (Lipinski definition) is 2. The van der Waals surface area contributed by atoms with Gasteiger partial charge in [0.05, 0.1) is 23.7 Å². The minimum Gasteiger partial charge on any atom is -0.459 e. The molecule has 0 aliphatic rings. The summed E-state index contributed by atoms with van der Waals surface area (Å²) in [7, 11) is -2.33. The van der Waals surface area contributed by atoms with Crippen molar-refractivity contribution in [2.45, 2.75) is 76.0 Å². The average molecular weight is 730 g/mol. The molecule has 0 saturated heterocycles. The van der Waals surface area contributed by atoms with Gasteiger partial charge in [-0.1, -0.05) is 87.4 Å². The molecule has 2 unspecified atom stereocenters. The molecule has 4 atom stereocenters.